The van der Waals surface area contributed by atoms with Gasteiger partial charge in [0.15, 0.2) is 0 Å². The molecule has 1 fully saturated rings. The van der Waals surface area contributed by atoms with Crippen molar-refractivity contribution < 1.29 is 5.11 Å². The largest absolute Gasteiger partial charge is 0.388 e. The molecule has 1 aromatic rings. The summed E-state index contributed by atoms with van der Waals surface area (Å²) in [6, 6.07) is 8.42. The second-order valence-electron chi connectivity index (χ2n) is 5.83. The van der Waals surface area contributed by atoms with Crippen LogP contribution in [0.1, 0.15) is 55.8 Å². The van der Waals surface area contributed by atoms with Gasteiger partial charge in [0.25, 0.3) is 0 Å². The highest BCUT2D eigenvalue weighted by Gasteiger charge is 2.30. The molecule has 92 valence electrons. The predicted octanol–water partition coefficient (Wildman–Crippen LogP) is 3.86. The molecule has 1 aromatic carbocycles. The third kappa shape index (κ3) is 2.26. The standard InChI is InChI=1S/C16H22O/c17-16-14(11-12-5-1-2-6-12)10-9-13-7-3-4-8-15(13)16/h3-4,7-8,12,14,16-17H,1-2,5-6,9-11H2. The van der Waals surface area contributed by atoms with E-state index in [-0.39, 0.29) is 6.10 Å². The molecule has 2 unspecified atom stereocenters. The SMILES string of the molecule is OC1c2ccccc2CCC1CC1CCCC1. The van der Waals surface area contributed by atoms with Gasteiger partial charge in [-0.1, -0.05) is 49.9 Å². The van der Waals surface area contributed by atoms with Gasteiger partial charge in [-0.05, 0) is 42.2 Å². The van der Waals surface area contributed by atoms with Crippen LogP contribution in [0.2, 0.25) is 0 Å². The Balaban J connectivity index is 1.72. The van der Waals surface area contributed by atoms with Crippen molar-refractivity contribution in [1.29, 1.82) is 0 Å². The molecule has 3 rings (SSSR count). The number of aliphatic hydroxyl groups is 1. The van der Waals surface area contributed by atoms with Crippen molar-refractivity contribution in [1.82, 2.24) is 0 Å². The van der Waals surface area contributed by atoms with Gasteiger partial charge in [0.05, 0.1) is 6.10 Å². The minimum atomic E-state index is -0.208. The fourth-order valence-corrected chi connectivity index (χ4v) is 3.72. The van der Waals surface area contributed by atoms with Crippen LogP contribution in [0.4, 0.5) is 0 Å². The van der Waals surface area contributed by atoms with Gasteiger partial charge in [0.1, 0.15) is 0 Å². The van der Waals surface area contributed by atoms with Gasteiger partial charge in [-0.3, -0.25) is 0 Å². The van der Waals surface area contributed by atoms with Crippen LogP contribution in [0, 0.1) is 11.8 Å². The summed E-state index contributed by atoms with van der Waals surface area (Å²) in [5.74, 6) is 1.40. The number of hydrogen-bond acceptors (Lipinski definition) is 1. The predicted molar refractivity (Wildman–Crippen MR) is 69.8 cm³/mol. The molecule has 0 bridgehead atoms. The molecule has 1 saturated carbocycles. The lowest BCUT2D eigenvalue weighted by Gasteiger charge is -2.31. The second kappa shape index (κ2) is 4.81. The molecule has 2 aliphatic carbocycles. The van der Waals surface area contributed by atoms with E-state index in [1.165, 1.54) is 49.7 Å². The number of aryl methyl sites for hydroxylation is 1. The maximum atomic E-state index is 10.5. The van der Waals surface area contributed by atoms with Gasteiger partial charge < -0.3 is 5.11 Å². The summed E-state index contributed by atoms with van der Waals surface area (Å²) < 4.78 is 0. The Labute approximate surface area is 104 Å². The monoisotopic (exact) mass is 230 g/mol. The summed E-state index contributed by atoms with van der Waals surface area (Å²) in [5.41, 5.74) is 2.56. The summed E-state index contributed by atoms with van der Waals surface area (Å²) >= 11 is 0. The van der Waals surface area contributed by atoms with Gasteiger partial charge in [-0.25, -0.2) is 0 Å². The van der Waals surface area contributed by atoms with Crippen molar-refractivity contribution in [2.45, 2.75) is 51.0 Å². The normalized spacial score (nSPS) is 29.2. The van der Waals surface area contributed by atoms with Gasteiger partial charge in [0, 0.05) is 0 Å². The number of fused-ring (bicyclic) bond motifs is 1. The van der Waals surface area contributed by atoms with E-state index in [1.54, 1.807) is 0 Å². The molecule has 0 radical (unpaired) electrons. The zero-order valence-electron chi connectivity index (χ0n) is 10.4. The summed E-state index contributed by atoms with van der Waals surface area (Å²) in [4.78, 5) is 0. The Kier molecular flexibility index (Phi) is 3.19. The summed E-state index contributed by atoms with van der Waals surface area (Å²) in [5, 5.41) is 10.5. The van der Waals surface area contributed by atoms with E-state index in [2.05, 4.69) is 24.3 Å². The van der Waals surface area contributed by atoms with Crippen molar-refractivity contribution in [2.75, 3.05) is 0 Å². The quantitative estimate of drug-likeness (QED) is 0.818. The molecule has 0 heterocycles. The van der Waals surface area contributed by atoms with E-state index in [0.29, 0.717) is 5.92 Å². The van der Waals surface area contributed by atoms with E-state index < -0.39 is 0 Å². The van der Waals surface area contributed by atoms with Crippen molar-refractivity contribution in [3.05, 3.63) is 35.4 Å². The summed E-state index contributed by atoms with van der Waals surface area (Å²) in [7, 11) is 0. The Bertz CT molecular complexity index is 379. The first-order chi connectivity index (χ1) is 8.34. The van der Waals surface area contributed by atoms with E-state index in [4.69, 9.17) is 0 Å². The van der Waals surface area contributed by atoms with Gasteiger partial charge in [-0.15, -0.1) is 0 Å². The number of hydrogen-bond donors (Lipinski definition) is 1. The topological polar surface area (TPSA) is 20.2 Å². The summed E-state index contributed by atoms with van der Waals surface area (Å²) in [6.45, 7) is 0. The lowest BCUT2D eigenvalue weighted by atomic mass is 9.77. The molecule has 0 aromatic heterocycles. The maximum absolute atomic E-state index is 10.5. The van der Waals surface area contributed by atoms with E-state index in [1.807, 2.05) is 0 Å². The minimum Gasteiger partial charge on any atom is -0.388 e. The molecule has 17 heavy (non-hydrogen) atoms. The molecule has 0 aliphatic heterocycles. The zero-order valence-corrected chi connectivity index (χ0v) is 10.4. The molecular weight excluding hydrogens is 208 g/mol. The first-order valence-corrected chi connectivity index (χ1v) is 7.10. The van der Waals surface area contributed by atoms with Gasteiger partial charge in [0.2, 0.25) is 0 Å². The fourth-order valence-electron chi connectivity index (χ4n) is 3.72. The van der Waals surface area contributed by atoms with Crippen LogP contribution in [0.5, 0.6) is 0 Å². The third-order valence-electron chi connectivity index (χ3n) is 4.72. The second-order valence-corrected chi connectivity index (χ2v) is 5.83. The Morgan fingerprint density at radius 2 is 1.82 bits per heavy atom. The first kappa shape index (κ1) is 11.3. The Hall–Kier alpha value is -0.820. The third-order valence-corrected chi connectivity index (χ3v) is 4.72. The lowest BCUT2D eigenvalue weighted by Crippen LogP contribution is -2.22. The van der Waals surface area contributed by atoms with Crippen molar-refractivity contribution >= 4 is 0 Å². The van der Waals surface area contributed by atoms with Crippen LogP contribution < -0.4 is 0 Å². The highest BCUT2D eigenvalue weighted by molar-refractivity contribution is 5.31. The molecule has 1 heteroatoms. The molecule has 1 nitrogen and oxygen atoms in total. The zero-order chi connectivity index (χ0) is 11.7. The smallest absolute Gasteiger partial charge is 0.0821 e. The highest BCUT2D eigenvalue weighted by Crippen LogP contribution is 2.40. The molecule has 2 atom stereocenters. The minimum absolute atomic E-state index is 0.208. The van der Waals surface area contributed by atoms with Crippen LogP contribution in [0.15, 0.2) is 24.3 Å². The fraction of sp³-hybridized carbons (Fsp3) is 0.625. The van der Waals surface area contributed by atoms with Crippen molar-refractivity contribution in [3.8, 4) is 0 Å². The highest BCUT2D eigenvalue weighted by atomic mass is 16.3. The molecule has 0 amide bonds. The van der Waals surface area contributed by atoms with Crippen molar-refractivity contribution in [3.63, 3.8) is 0 Å². The first-order valence-electron chi connectivity index (χ1n) is 7.10. The van der Waals surface area contributed by atoms with E-state index >= 15 is 0 Å². The van der Waals surface area contributed by atoms with Crippen LogP contribution in [-0.4, -0.2) is 5.11 Å². The van der Waals surface area contributed by atoms with E-state index in [9.17, 15) is 5.11 Å². The Morgan fingerprint density at radius 1 is 1.06 bits per heavy atom. The van der Waals surface area contributed by atoms with Gasteiger partial charge >= 0.3 is 0 Å². The maximum Gasteiger partial charge on any atom is 0.0821 e. The van der Waals surface area contributed by atoms with Crippen LogP contribution >= 0.6 is 0 Å². The number of benzene rings is 1. The van der Waals surface area contributed by atoms with Crippen LogP contribution in [0.3, 0.4) is 0 Å². The molecule has 2 aliphatic rings. The molecule has 0 spiro atoms. The number of rotatable bonds is 2. The van der Waals surface area contributed by atoms with Gasteiger partial charge in [-0.2, -0.15) is 0 Å². The molecule has 0 saturated heterocycles. The number of aliphatic hydroxyl groups excluding tert-OH is 1. The van der Waals surface area contributed by atoms with Crippen LogP contribution in [0.25, 0.3) is 0 Å². The molecule has 1 N–H and O–H groups in total. The van der Waals surface area contributed by atoms with E-state index in [0.717, 1.165) is 12.3 Å². The summed E-state index contributed by atoms with van der Waals surface area (Å²) in [6.07, 6.45) is 8.97. The van der Waals surface area contributed by atoms with Crippen molar-refractivity contribution in [2.24, 2.45) is 11.8 Å². The lowest BCUT2D eigenvalue weighted by molar-refractivity contribution is 0.0784. The average molecular weight is 230 g/mol. The molecular formula is C16H22O. The Morgan fingerprint density at radius 3 is 2.65 bits per heavy atom. The average Bonchev–Trinajstić information content (AvgIpc) is 2.86. The van der Waals surface area contributed by atoms with Crippen LogP contribution in [-0.2, 0) is 6.42 Å².